The Morgan fingerprint density at radius 1 is 1.19 bits per heavy atom. The lowest BCUT2D eigenvalue weighted by Gasteiger charge is -2.13. The van der Waals surface area contributed by atoms with E-state index in [9.17, 15) is 19.1 Å². The van der Waals surface area contributed by atoms with Gasteiger partial charge in [-0.15, -0.1) is 0 Å². The largest absolute Gasteiger partial charge is 0.503 e. The van der Waals surface area contributed by atoms with E-state index in [1.54, 1.807) is 0 Å². The lowest BCUT2D eigenvalue weighted by Crippen LogP contribution is -2.17. The third kappa shape index (κ3) is 4.19. The lowest BCUT2D eigenvalue weighted by molar-refractivity contribution is -0.145. The van der Waals surface area contributed by atoms with Crippen LogP contribution in [0.1, 0.15) is 54.2 Å². The number of hydrogen-bond donors (Lipinski definition) is 1. The van der Waals surface area contributed by atoms with Crippen LogP contribution < -0.4 is 0 Å². The Balaban J connectivity index is 2.24. The molecule has 1 aromatic heterocycles. The van der Waals surface area contributed by atoms with Gasteiger partial charge in [-0.3, -0.25) is 14.2 Å². The molecule has 2 aromatic carbocycles. The zero-order chi connectivity index (χ0) is 23.7. The Kier molecular flexibility index (Phi) is 7.10. The molecule has 32 heavy (non-hydrogen) atoms. The fourth-order valence-corrected chi connectivity index (χ4v) is 3.92. The van der Waals surface area contributed by atoms with Crippen LogP contribution in [-0.2, 0) is 9.53 Å². The quantitative estimate of drug-likeness (QED) is 0.326. The molecule has 5 nitrogen and oxygen atoms in total. The minimum absolute atomic E-state index is 0.123. The van der Waals surface area contributed by atoms with Crippen molar-refractivity contribution in [1.82, 2.24) is 4.57 Å². The number of phenols is 1. The van der Waals surface area contributed by atoms with Crippen LogP contribution in [0, 0.1) is 18.6 Å². The van der Waals surface area contributed by atoms with Gasteiger partial charge in [-0.2, -0.15) is 0 Å². The summed E-state index contributed by atoms with van der Waals surface area (Å²) in [6.45, 7) is 5.15. The second kappa shape index (κ2) is 9.46. The average Bonchev–Trinajstić information content (AvgIpc) is 3.04. The molecule has 1 atom stereocenters. The van der Waals surface area contributed by atoms with E-state index >= 15 is 4.39 Å². The number of rotatable bonds is 6. The third-order valence-corrected chi connectivity index (χ3v) is 6.05. The van der Waals surface area contributed by atoms with Gasteiger partial charge in [-0.25, -0.2) is 8.78 Å². The maximum Gasteiger partial charge on any atom is 0.313 e. The van der Waals surface area contributed by atoms with E-state index in [1.807, 2.05) is 6.92 Å². The number of aromatic nitrogens is 1. The molecule has 0 fully saturated rings. The minimum Gasteiger partial charge on any atom is -0.503 e. The molecule has 0 aliphatic heterocycles. The van der Waals surface area contributed by atoms with Gasteiger partial charge in [-0.05, 0) is 44.0 Å². The molecule has 170 valence electrons. The molecule has 1 unspecified atom stereocenters. The number of nitrogens with zero attached hydrogens (tertiary/aromatic N) is 1. The average molecular weight is 484 g/mol. The number of unbranched alkanes of at least 4 members (excludes halogenated alkanes) is 1. The number of aromatic hydroxyl groups is 1. The second-order valence-corrected chi connectivity index (χ2v) is 8.24. The fourth-order valence-electron chi connectivity index (χ4n) is 3.62. The lowest BCUT2D eigenvalue weighted by atomic mass is 9.97. The summed E-state index contributed by atoms with van der Waals surface area (Å²) in [4.78, 5) is 25.9. The topological polar surface area (TPSA) is 68.5 Å². The molecule has 0 radical (unpaired) electrons. The van der Waals surface area contributed by atoms with Crippen molar-refractivity contribution in [2.45, 2.75) is 39.5 Å². The highest BCUT2D eigenvalue weighted by Crippen LogP contribution is 2.39. The van der Waals surface area contributed by atoms with Gasteiger partial charge < -0.3 is 9.84 Å². The second-order valence-electron chi connectivity index (χ2n) is 7.43. The Morgan fingerprint density at radius 2 is 1.88 bits per heavy atom. The standard InChI is InChI=1S/C23H21Cl2F2NO4/c1-4-5-8-32-23(31)11(2)18-12(3)28(17-10-16(26)21(29)20(27)19(17)18)22(30)13-6-7-14(24)15(25)9-13/h6-7,9-11,29H,4-5,8H2,1-3H3. The van der Waals surface area contributed by atoms with Gasteiger partial charge in [0.25, 0.3) is 5.91 Å². The molecule has 0 aliphatic carbocycles. The number of fused-ring (bicyclic) bond motifs is 1. The highest BCUT2D eigenvalue weighted by atomic mass is 35.5. The van der Waals surface area contributed by atoms with Gasteiger partial charge in [0.2, 0.25) is 0 Å². The Labute approximate surface area is 193 Å². The van der Waals surface area contributed by atoms with Crippen LogP contribution in [0.4, 0.5) is 8.78 Å². The number of carbonyl (C=O) groups excluding carboxylic acids is 2. The number of halogens is 4. The van der Waals surface area contributed by atoms with E-state index in [4.69, 9.17) is 27.9 Å². The summed E-state index contributed by atoms with van der Waals surface area (Å²) in [5, 5.41) is 10.00. The highest BCUT2D eigenvalue weighted by Gasteiger charge is 2.31. The Hall–Kier alpha value is -2.64. The van der Waals surface area contributed by atoms with Crippen LogP contribution in [0.5, 0.6) is 5.75 Å². The Bertz CT molecular complexity index is 1220. The third-order valence-electron chi connectivity index (χ3n) is 5.31. The van der Waals surface area contributed by atoms with Crippen LogP contribution in [0.3, 0.4) is 0 Å². The van der Waals surface area contributed by atoms with Crippen molar-refractivity contribution in [2.75, 3.05) is 6.61 Å². The van der Waals surface area contributed by atoms with E-state index < -0.39 is 35.2 Å². The predicted octanol–water partition coefficient (Wildman–Crippen LogP) is 6.38. The summed E-state index contributed by atoms with van der Waals surface area (Å²) in [7, 11) is 0. The summed E-state index contributed by atoms with van der Waals surface area (Å²) in [5.74, 6) is -5.91. The van der Waals surface area contributed by atoms with Gasteiger partial charge in [0, 0.05) is 22.7 Å². The van der Waals surface area contributed by atoms with Crippen LogP contribution in [0.25, 0.3) is 10.9 Å². The summed E-state index contributed by atoms with van der Waals surface area (Å²) < 4.78 is 35.6. The molecule has 3 rings (SSSR count). The molecule has 0 spiro atoms. The maximum atomic E-state index is 15.0. The monoisotopic (exact) mass is 483 g/mol. The van der Waals surface area contributed by atoms with Gasteiger partial charge in [0.15, 0.2) is 17.4 Å². The van der Waals surface area contributed by atoms with E-state index in [0.29, 0.717) is 6.42 Å². The molecule has 9 heteroatoms. The number of hydrogen-bond acceptors (Lipinski definition) is 4. The van der Waals surface area contributed by atoms with Crippen molar-refractivity contribution in [3.8, 4) is 5.75 Å². The van der Waals surface area contributed by atoms with Crippen molar-refractivity contribution in [3.63, 3.8) is 0 Å². The smallest absolute Gasteiger partial charge is 0.313 e. The maximum absolute atomic E-state index is 15.0. The van der Waals surface area contributed by atoms with Crippen LogP contribution in [0.15, 0.2) is 24.3 Å². The molecule has 0 saturated heterocycles. The summed E-state index contributed by atoms with van der Waals surface area (Å²) in [6, 6.07) is 5.05. The molecule has 1 N–H and O–H groups in total. The zero-order valence-electron chi connectivity index (χ0n) is 17.6. The molecule has 0 amide bonds. The van der Waals surface area contributed by atoms with E-state index in [1.165, 1.54) is 32.0 Å². The van der Waals surface area contributed by atoms with Crippen LogP contribution in [-0.4, -0.2) is 28.2 Å². The fraction of sp³-hybridized carbons (Fsp3) is 0.304. The predicted molar refractivity (Wildman–Crippen MR) is 119 cm³/mol. The summed E-state index contributed by atoms with van der Waals surface area (Å²) >= 11 is 11.9. The number of esters is 1. The zero-order valence-corrected chi connectivity index (χ0v) is 19.2. The SMILES string of the molecule is CCCCOC(=O)C(C)c1c(C)n(C(=O)c2ccc(Cl)c(Cl)c2)c2cc(F)c(O)c(F)c12. The molecule has 3 aromatic rings. The van der Waals surface area contributed by atoms with Gasteiger partial charge in [0.05, 0.1) is 28.1 Å². The van der Waals surface area contributed by atoms with Crippen LogP contribution >= 0.6 is 23.2 Å². The van der Waals surface area contributed by atoms with Crippen LogP contribution in [0.2, 0.25) is 10.0 Å². The molecule has 0 aliphatic rings. The Morgan fingerprint density at radius 3 is 2.50 bits per heavy atom. The number of benzene rings is 2. The normalized spacial score (nSPS) is 12.2. The molecular formula is C23H21Cl2F2NO4. The first-order valence-electron chi connectivity index (χ1n) is 9.98. The van der Waals surface area contributed by atoms with Gasteiger partial charge in [-0.1, -0.05) is 36.5 Å². The number of ether oxygens (including phenoxy) is 1. The first-order chi connectivity index (χ1) is 15.1. The van der Waals surface area contributed by atoms with Crippen molar-refractivity contribution >= 4 is 46.0 Å². The van der Waals surface area contributed by atoms with E-state index in [0.717, 1.165) is 17.1 Å². The molecule has 0 bridgehead atoms. The minimum atomic E-state index is -1.26. The first kappa shape index (κ1) is 24.0. The summed E-state index contributed by atoms with van der Waals surface area (Å²) in [5.41, 5.74) is 0.329. The van der Waals surface area contributed by atoms with E-state index in [-0.39, 0.29) is 44.4 Å². The first-order valence-corrected chi connectivity index (χ1v) is 10.7. The van der Waals surface area contributed by atoms with Gasteiger partial charge in [0.1, 0.15) is 0 Å². The van der Waals surface area contributed by atoms with E-state index in [2.05, 4.69) is 0 Å². The highest BCUT2D eigenvalue weighted by molar-refractivity contribution is 6.42. The summed E-state index contributed by atoms with van der Waals surface area (Å²) in [6.07, 6.45) is 1.48. The van der Waals surface area contributed by atoms with Gasteiger partial charge >= 0.3 is 5.97 Å². The molecular weight excluding hydrogens is 463 g/mol. The van der Waals surface area contributed by atoms with Crippen molar-refractivity contribution in [3.05, 3.63) is 62.8 Å². The van der Waals surface area contributed by atoms with Crippen molar-refractivity contribution < 1.29 is 28.2 Å². The van der Waals surface area contributed by atoms with Crippen molar-refractivity contribution in [1.29, 1.82) is 0 Å². The number of phenolic OH excluding ortho intramolecular Hbond substituents is 1. The molecule has 1 heterocycles. The number of carbonyl (C=O) groups is 2. The van der Waals surface area contributed by atoms with Crippen molar-refractivity contribution in [2.24, 2.45) is 0 Å². The molecule has 0 saturated carbocycles.